The molecule has 0 spiro atoms. The van der Waals surface area contributed by atoms with Crippen molar-refractivity contribution in [3.8, 4) is 16.9 Å². The van der Waals surface area contributed by atoms with Gasteiger partial charge in [-0.2, -0.15) is 0 Å². The summed E-state index contributed by atoms with van der Waals surface area (Å²) in [5, 5.41) is 5.03. The summed E-state index contributed by atoms with van der Waals surface area (Å²) in [5.74, 6) is 0.878. The zero-order chi connectivity index (χ0) is 21.6. The van der Waals surface area contributed by atoms with Gasteiger partial charge in [0.05, 0.1) is 13.7 Å². The molecule has 1 aliphatic heterocycles. The third kappa shape index (κ3) is 4.97. The maximum atomic E-state index is 12.9. The highest BCUT2D eigenvalue weighted by atomic mass is 32.1. The van der Waals surface area contributed by atoms with E-state index in [1.54, 1.807) is 18.4 Å². The molecular formula is C25H26N2O3S. The molecule has 31 heavy (non-hydrogen) atoms. The number of benzene rings is 2. The normalized spacial score (nSPS) is 14.3. The Labute approximate surface area is 186 Å². The summed E-state index contributed by atoms with van der Waals surface area (Å²) in [6.45, 7) is 1.78. The van der Waals surface area contributed by atoms with Crippen molar-refractivity contribution < 1.29 is 14.3 Å². The number of methoxy groups -OCH3 is 1. The second kappa shape index (κ2) is 9.79. The van der Waals surface area contributed by atoms with E-state index in [9.17, 15) is 9.59 Å². The lowest BCUT2D eigenvalue weighted by Gasteiger charge is -2.31. The molecule has 3 aromatic rings. The predicted octanol–water partition coefficient (Wildman–Crippen LogP) is 4.59. The molecule has 1 N–H and O–H groups in total. The van der Waals surface area contributed by atoms with E-state index in [1.807, 2.05) is 70.9 Å². The van der Waals surface area contributed by atoms with Crippen LogP contribution in [-0.2, 0) is 11.3 Å². The molecule has 2 heterocycles. The van der Waals surface area contributed by atoms with Gasteiger partial charge in [-0.15, -0.1) is 11.3 Å². The van der Waals surface area contributed by atoms with Gasteiger partial charge in [-0.05, 0) is 48.1 Å². The zero-order valence-corrected chi connectivity index (χ0v) is 18.4. The lowest BCUT2D eigenvalue weighted by Crippen LogP contribution is -2.42. The number of amides is 2. The van der Waals surface area contributed by atoms with Crippen LogP contribution in [0.1, 0.15) is 28.1 Å². The number of likely N-dealkylation sites (tertiary alicyclic amines) is 1. The van der Waals surface area contributed by atoms with Gasteiger partial charge in [-0.3, -0.25) is 9.59 Å². The van der Waals surface area contributed by atoms with E-state index >= 15 is 0 Å². The zero-order valence-electron chi connectivity index (χ0n) is 17.5. The van der Waals surface area contributed by atoms with Crippen LogP contribution in [0.15, 0.2) is 66.0 Å². The maximum absolute atomic E-state index is 12.9. The first-order valence-corrected chi connectivity index (χ1v) is 11.4. The Balaban J connectivity index is 1.32. The highest BCUT2D eigenvalue weighted by Crippen LogP contribution is 2.30. The molecular weight excluding hydrogens is 408 g/mol. The lowest BCUT2D eigenvalue weighted by molar-refractivity contribution is -0.126. The van der Waals surface area contributed by atoms with Crippen LogP contribution in [0.3, 0.4) is 0 Å². The monoisotopic (exact) mass is 434 g/mol. The van der Waals surface area contributed by atoms with Crippen LogP contribution in [0.4, 0.5) is 0 Å². The molecule has 2 aromatic carbocycles. The Kier molecular flexibility index (Phi) is 6.67. The van der Waals surface area contributed by atoms with Gasteiger partial charge >= 0.3 is 0 Å². The SMILES string of the molecule is COc1ccccc1-c1ccc(C(=O)N2CCC(C(=O)NCc3cccs3)CC2)cc1. The van der Waals surface area contributed by atoms with Crippen LogP contribution in [0, 0.1) is 5.92 Å². The first-order chi connectivity index (χ1) is 15.2. The van der Waals surface area contributed by atoms with E-state index < -0.39 is 0 Å². The van der Waals surface area contributed by atoms with Crippen LogP contribution in [0.25, 0.3) is 11.1 Å². The Hall–Kier alpha value is -3.12. The predicted molar refractivity (Wildman–Crippen MR) is 123 cm³/mol. The highest BCUT2D eigenvalue weighted by molar-refractivity contribution is 7.09. The molecule has 1 aromatic heterocycles. The van der Waals surface area contributed by atoms with Crippen LogP contribution >= 0.6 is 11.3 Å². The minimum absolute atomic E-state index is 0.0176. The summed E-state index contributed by atoms with van der Waals surface area (Å²) in [6, 6.07) is 19.5. The average molecular weight is 435 g/mol. The lowest BCUT2D eigenvalue weighted by atomic mass is 9.95. The molecule has 0 aliphatic carbocycles. The molecule has 2 amide bonds. The number of nitrogens with one attached hydrogen (secondary N) is 1. The number of para-hydroxylation sites is 1. The molecule has 0 radical (unpaired) electrons. The molecule has 5 nitrogen and oxygen atoms in total. The van der Waals surface area contributed by atoms with Crippen LogP contribution in [0.5, 0.6) is 5.75 Å². The molecule has 0 unspecified atom stereocenters. The van der Waals surface area contributed by atoms with Crippen molar-refractivity contribution in [1.29, 1.82) is 0 Å². The first kappa shape index (κ1) is 21.1. The van der Waals surface area contributed by atoms with Crippen LogP contribution < -0.4 is 10.1 Å². The minimum atomic E-state index is -0.0306. The van der Waals surface area contributed by atoms with Crippen molar-refractivity contribution >= 4 is 23.2 Å². The number of carbonyl (C=O) groups excluding carboxylic acids is 2. The summed E-state index contributed by atoms with van der Waals surface area (Å²) in [6.07, 6.45) is 1.39. The molecule has 1 aliphatic rings. The number of carbonyl (C=O) groups is 2. The number of hydrogen-bond acceptors (Lipinski definition) is 4. The average Bonchev–Trinajstić information content (AvgIpc) is 3.36. The standard InChI is InChI=1S/C25H26N2O3S/c1-30-23-7-3-2-6-22(23)18-8-10-20(11-9-18)25(29)27-14-12-19(13-15-27)24(28)26-17-21-5-4-16-31-21/h2-11,16,19H,12-15,17H2,1H3,(H,26,28). The Morgan fingerprint density at radius 3 is 2.45 bits per heavy atom. The first-order valence-electron chi connectivity index (χ1n) is 10.5. The molecule has 0 saturated carbocycles. The third-order valence-electron chi connectivity index (χ3n) is 5.72. The van der Waals surface area contributed by atoms with Gasteiger partial charge in [-0.1, -0.05) is 36.4 Å². The number of rotatable bonds is 6. The molecule has 0 bridgehead atoms. The van der Waals surface area contributed by atoms with Crippen LogP contribution in [-0.4, -0.2) is 36.9 Å². The molecule has 4 rings (SSSR count). The van der Waals surface area contributed by atoms with E-state index in [0.717, 1.165) is 21.8 Å². The summed E-state index contributed by atoms with van der Waals surface area (Å²) in [5.41, 5.74) is 2.67. The second-order valence-corrected chi connectivity index (χ2v) is 8.67. The van der Waals surface area contributed by atoms with Gasteiger partial charge in [-0.25, -0.2) is 0 Å². The van der Waals surface area contributed by atoms with Gasteiger partial charge in [0.2, 0.25) is 5.91 Å². The second-order valence-electron chi connectivity index (χ2n) is 7.64. The fourth-order valence-corrected chi connectivity index (χ4v) is 4.58. The van der Waals surface area contributed by atoms with E-state index in [-0.39, 0.29) is 17.7 Å². The number of thiophene rings is 1. The van der Waals surface area contributed by atoms with Crippen molar-refractivity contribution in [3.05, 3.63) is 76.5 Å². The summed E-state index contributed by atoms with van der Waals surface area (Å²) in [4.78, 5) is 28.4. The van der Waals surface area contributed by atoms with E-state index in [0.29, 0.717) is 38.0 Å². The van der Waals surface area contributed by atoms with E-state index in [4.69, 9.17) is 4.74 Å². The Bertz CT molecular complexity index is 1020. The largest absolute Gasteiger partial charge is 0.496 e. The third-order valence-corrected chi connectivity index (χ3v) is 6.60. The molecule has 0 atom stereocenters. The van der Waals surface area contributed by atoms with Crippen molar-refractivity contribution in [2.75, 3.05) is 20.2 Å². The van der Waals surface area contributed by atoms with Crippen molar-refractivity contribution in [1.82, 2.24) is 10.2 Å². The Morgan fingerprint density at radius 2 is 1.77 bits per heavy atom. The van der Waals surface area contributed by atoms with E-state index in [1.165, 1.54) is 0 Å². The van der Waals surface area contributed by atoms with Crippen molar-refractivity contribution in [2.45, 2.75) is 19.4 Å². The van der Waals surface area contributed by atoms with Gasteiger partial charge < -0.3 is 15.0 Å². The Morgan fingerprint density at radius 1 is 1.03 bits per heavy atom. The van der Waals surface area contributed by atoms with Crippen LogP contribution in [0.2, 0.25) is 0 Å². The van der Waals surface area contributed by atoms with Gasteiger partial charge in [0.1, 0.15) is 5.75 Å². The van der Waals surface area contributed by atoms with Gasteiger partial charge in [0.15, 0.2) is 0 Å². The minimum Gasteiger partial charge on any atom is -0.496 e. The smallest absolute Gasteiger partial charge is 0.253 e. The fraction of sp³-hybridized carbons (Fsp3) is 0.280. The highest BCUT2D eigenvalue weighted by Gasteiger charge is 2.27. The van der Waals surface area contributed by atoms with Crippen molar-refractivity contribution in [3.63, 3.8) is 0 Å². The van der Waals surface area contributed by atoms with Gasteiger partial charge in [0, 0.05) is 35.0 Å². The summed E-state index contributed by atoms with van der Waals surface area (Å²) >= 11 is 1.64. The number of ether oxygens (including phenoxy) is 1. The van der Waals surface area contributed by atoms with Gasteiger partial charge in [0.25, 0.3) is 5.91 Å². The van der Waals surface area contributed by atoms with Crippen molar-refractivity contribution in [2.24, 2.45) is 5.92 Å². The number of piperidine rings is 1. The fourth-order valence-electron chi connectivity index (χ4n) is 3.93. The molecule has 1 saturated heterocycles. The molecule has 6 heteroatoms. The van der Waals surface area contributed by atoms with E-state index in [2.05, 4.69) is 5.32 Å². The topological polar surface area (TPSA) is 58.6 Å². The summed E-state index contributed by atoms with van der Waals surface area (Å²) in [7, 11) is 1.66. The number of hydrogen-bond donors (Lipinski definition) is 1. The molecule has 160 valence electrons. The summed E-state index contributed by atoms with van der Waals surface area (Å²) < 4.78 is 5.43. The molecule has 1 fully saturated rings. The quantitative estimate of drug-likeness (QED) is 0.617. The number of nitrogens with zero attached hydrogens (tertiary/aromatic N) is 1. The maximum Gasteiger partial charge on any atom is 0.253 e.